The monoisotopic (exact) mass is 549 g/mol. The lowest BCUT2D eigenvalue weighted by molar-refractivity contribution is -0.703. The molecule has 0 radical (unpaired) electrons. The predicted octanol–water partition coefficient (Wildman–Crippen LogP) is 1.34. The maximum Gasteiger partial charge on any atom is 0.333 e. The van der Waals surface area contributed by atoms with Crippen LogP contribution >= 0.6 is 0 Å². The van der Waals surface area contributed by atoms with Crippen molar-refractivity contribution in [3.8, 4) is 0 Å². The molecule has 2 aliphatic carbocycles. The molecule has 10 unspecified atom stereocenters. The van der Waals surface area contributed by atoms with E-state index < -0.39 is 35.9 Å². The SMILES string of the molecule is CC=C(C)C(=O)OC1CC2C(CC3OC(CO)CC(=O)C3C2O)OC1(C)C1(CC2CCC(N)[NH2+]C2)CCCC1. The molecule has 2 saturated carbocycles. The Balaban J connectivity index is 1.47. The third-order valence-electron chi connectivity index (χ3n) is 11.0. The highest BCUT2D eigenvalue weighted by molar-refractivity contribution is 5.87. The van der Waals surface area contributed by atoms with Gasteiger partial charge in [0.05, 0.1) is 43.5 Å². The largest absolute Gasteiger partial charge is 0.456 e. The summed E-state index contributed by atoms with van der Waals surface area (Å²) in [6.07, 6.45) is 7.47. The molecule has 0 bridgehead atoms. The standard InChI is InChI=1S/C30H48N2O7/c1-4-17(2)28(36)38-24-12-20-22(13-23-26(27(20)35)21(34)11-19(16-33)37-23)39-29(24,3)30(9-5-6-10-30)14-18-7-8-25(31)32-15-18/h4,18-20,22-27,32-33,35H,5-16,31H2,1-3H3/p+1. The first-order valence-electron chi connectivity index (χ1n) is 15.2. The molecule has 5 aliphatic rings. The van der Waals surface area contributed by atoms with E-state index >= 15 is 0 Å². The van der Waals surface area contributed by atoms with Crippen LogP contribution in [0.5, 0.6) is 0 Å². The number of carbonyl (C=O) groups excluding carboxylic acids is 2. The molecule has 6 N–H and O–H groups in total. The van der Waals surface area contributed by atoms with Crippen LogP contribution in [0.15, 0.2) is 11.6 Å². The lowest BCUT2D eigenvalue weighted by Gasteiger charge is -2.59. The number of ketones is 1. The average molecular weight is 550 g/mol. The van der Waals surface area contributed by atoms with Crippen LogP contribution < -0.4 is 11.1 Å². The summed E-state index contributed by atoms with van der Waals surface area (Å²) in [5, 5.41) is 23.4. The maximum atomic E-state index is 13.1. The van der Waals surface area contributed by atoms with E-state index in [9.17, 15) is 19.8 Å². The van der Waals surface area contributed by atoms with Gasteiger partial charge in [0.1, 0.15) is 23.7 Å². The van der Waals surface area contributed by atoms with E-state index in [-0.39, 0.29) is 48.4 Å². The third kappa shape index (κ3) is 5.35. The molecule has 39 heavy (non-hydrogen) atoms. The summed E-state index contributed by atoms with van der Waals surface area (Å²) in [6.45, 7) is 6.50. The van der Waals surface area contributed by atoms with Crippen LogP contribution in [-0.4, -0.2) is 77.4 Å². The van der Waals surface area contributed by atoms with Crippen molar-refractivity contribution in [2.45, 2.75) is 127 Å². The molecule has 10 atom stereocenters. The molecule has 9 nitrogen and oxygen atoms in total. The highest BCUT2D eigenvalue weighted by Crippen LogP contribution is 2.59. The van der Waals surface area contributed by atoms with Crippen LogP contribution in [0, 0.1) is 23.2 Å². The fourth-order valence-electron chi connectivity index (χ4n) is 8.54. The number of aliphatic hydroxyl groups is 2. The maximum absolute atomic E-state index is 13.1. The molecule has 220 valence electrons. The number of fused-ring (bicyclic) bond motifs is 2. The average Bonchev–Trinajstić information content (AvgIpc) is 3.40. The summed E-state index contributed by atoms with van der Waals surface area (Å²) in [5.74, 6) is -0.881. The molecule has 5 fully saturated rings. The molecule has 0 spiro atoms. The zero-order valence-corrected chi connectivity index (χ0v) is 23.8. The Bertz CT molecular complexity index is 942. The van der Waals surface area contributed by atoms with Crippen LogP contribution in [-0.2, 0) is 23.8 Å². The number of aliphatic hydroxyl groups excluding tert-OH is 2. The molecule has 5 rings (SSSR count). The van der Waals surface area contributed by atoms with Crippen molar-refractivity contribution in [1.82, 2.24) is 0 Å². The van der Waals surface area contributed by atoms with E-state index in [1.165, 1.54) is 0 Å². The van der Waals surface area contributed by atoms with Gasteiger partial charge in [-0.1, -0.05) is 18.9 Å². The number of ether oxygens (including phenoxy) is 3. The number of carbonyl (C=O) groups is 2. The van der Waals surface area contributed by atoms with E-state index in [4.69, 9.17) is 19.9 Å². The Hall–Kier alpha value is -1.36. The lowest BCUT2D eigenvalue weighted by Crippen LogP contribution is -2.95. The minimum atomic E-state index is -0.941. The second kappa shape index (κ2) is 11.5. The van der Waals surface area contributed by atoms with Crippen molar-refractivity contribution < 1.29 is 39.3 Å². The second-order valence-electron chi connectivity index (χ2n) is 13.2. The van der Waals surface area contributed by atoms with Crippen LogP contribution in [0.1, 0.15) is 85.0 Å². The fourth-order valence-corrected chi connectivity index (χ4v) is 8.54. The van der Waals surface area contributed by atoms with E-state index in [0.717, 1.165) is 51.5 Å². The molecule has 3 heterocycles. The number of Topliss-reactive ketones (excluding diaryl/α,β-unsaturated/α-hetero) is 1. The summed E-state index contributed by atoms with van der Waals surface area (Å²) in [7, 11) is 0. The number of allylic oxidation sites excluding steroid dienone is 1. The van der Waals surface area contributed by atoms with Gasteiger partial charge in [0.15, 0.2) is 0 Å². The normalized spacial score (nSPS) is 44.4. The molecular formula is C30H49N2O7+. The van der Waals surface area contributed by atoms with E-state index in [1.54, 1.807) is 13.0 Å². The third-order valence-corrected chi connectivity index (χ3v) is 11.0. The van der Waals surface area contributed by atoms with Gasteiger partial charge >= 0.3 is 5.97 Å². The molecule has 3 saturated heterocycles. The van der Waals surface area contributed by atoms with Crippen molar-refractivity contribution in [2.24, 2.45) is 28.9 Å². The Morgan fingerprint density at radius 3 is 2.62 bits per heavy atom. The summed E-state index contributed by atoms with van der Waals surface area (Å²) in [4.78, 5) is 26.1. The van der Waals surface area contributed by atoms with Crippen LogP contribution in [0.25, 0.3) is 0 Å². The highest BCUT2D eigenvalue weighted by atomic mass is 16.6. The van der Waals surface area contributed by atoms with Gasteiger partial charge in [-0.05, 0) is 52.9 Å². The quantitative estimate of drug-likeness (QED) is 0.287. The summed E-state index contributed by atoms with van der Waals surface area (Å²) in [5.41, 5.74) is 5.82. The number of rotatable bonds is 6. The van der Waals surface area contributed by atoms with Gasteiger partial charge < -0.3 is 29.7 Å². The van der Waals surface area contributed by atoms with E-state index in [2.05, 4.69) is 12.2 Å². The number of esters is 1. The Kier molecular flexibility index (Phi) is 8.59. The summed E-state index contributed by atoms with van der Waals surface area (Å²) in [6, 6.07) is 0. The van der Waals surface area contributed by atoms with Gasteiger partial charge in [0, 0.05) is 42.1 Å². The summed E-state index contributed by atoms with van der Waals surface area (Å²) < 4.78 is 19.5. The van der Waals surface area contributed by atoms with Gasteiger partial charge in [-0.25, -0.2) is 4.79 Å². The summed E-state index contributed by atoms with van der Waals surface area (Å²) >= 11 is 0. The molecule has 3 aliphatic heterocycles. The van der Waals surface area contributed by atoms with Crippen LogP contribution in [0.2, 0.25) is 0 Å². The lowest BCUT2D eigenvalue weighted by atomic mass is 9.59. The zero-order valence-electron chi connectivity index (χ0n) is 23.8. The van der Waals surface area contributed by atoms with Crippen molar-refractivity contribution in [2.75, 3.05) is 13.2 Å². The van der Waals surface area contributed by atoms with Crippen LogP contribution in [0.4, 0.5) is 0 Å². The molecule has 9 heteroatoms. The van der Waals surface area contributed by atoms with Gasteiger partial charge in [-0.15, -0.1) is 0 Å². The molecule has 0 aromatic heterocycles. The smallest absolute Gasteiger partial charge is 0.333 e. The van der Waals surface area contributed by atoms with Crippen molar-refractivity contribution in [3.05, 3.63) is 11.6 Å². The fraction of sp³-hybridized carbons (Fsp3) is 0.867. The van der Waals surface area contributed by atoms with Crippen molar-refractivity contribution in [3.63, 3.8) is 0 Å². The number of nitrogens with two attached hydrogens (primary N) is 2. The Morgan fingerprint density at radius 2 is 1.97 bits per heavy atom. The first kappa shape index (κ1) is 29.1. The Morgan fingerprint density at radius 1 is 1.23 bits per heavy atom. The zero-order chi connectivity index (χ0) is 27.9. The van der Waals surface area contributed by atoms with Gasteiger partial charge in [-0.3, -0.25) is 10.5 Å². The molecule has 0 amide bonds. The van der Waals surface area contributed by atoms with E-state index in [0.29, 0.717) is 24.3 Å². The molecule has 0 aromatic carbocycles. The number of hydrogen-bond acceptors (Lipinski definition) is 8. The van der Waals surface area contributed by atoms with Gasteiger partial charge in [-0.2, -0.15) is 0 Å². The van der Waals surface area contributed by atoms with Crippen LogP contribution in [0.3, 0.4) is 0 Å². The topological polar surface area (TPSA) is 145 Å². The van der Waals surface area contributed by atoms with Gasteiger partial charge in [0.25, 0.3) is 0 Å². The Labute approximate surface area is 232 Å². The molecule has 0 aromatic rings. The predicted molar refractivity (Wildman–Crippen MR) is 143 cm³/mol. The second-order valence-corrected chi connectivity index (χ2v) is 13.2. The molecular weight excluding hydrogens is 500 g/mol. The first-order chi connectivity index (χ1) is 18.6. The number of piperidine rings is 1. The van der Waals surface area contributed by atoms with E-state index in [1.807, 2.05) is 6.92 Å². The van der Waals surface area contributed by atoms with Crippen molar-refractivity contribution in [1.29, 1.82) is 0 Å². The first-order valence-corrected chi connectivity index (χ1v) is 15.2. The number of quaternary nitrogens is 1. The number of hydrogen-bond donors (Lipinski definition) is 4. The minimum absolute atomic E-state index is 0.0677. The highest BCUT2D eigenvalue weighted by Gasteiger charge is 2.64. The minimum Gasteiger partial charge on any atom is -0.456 e. The van der Waals surface area contributed by atoms with Gasteiger partial charge in [0.2, 0.25) is 0 Å². The van der Waals surface area contributed by atoms with Crippen molar-refractivity contribution >= 4 is 11.8 Å².